The molecule has 2 N–H and O–H groups in total. The van der Waals surface area contributed by atoms with Gasteiger partial charge in [0.2, 0.25) is 0 Å². The van der Waals surface area contributed by atoms with Crippen molar-refractivity contribution in [1.29, 1.82) is 0 Å². The largest absolute Gasteiger partial charge is 0.465 e. The van der Waals surface area contributed by atoms with Crippen LogP contribution in [0.1, 0.15) is 12.5 Å². The highest BCUT2D eigenvalue weighted by Gasteiger charge is 2.16. The summed E-state index contributed by atoms with van der Waals surface area (Å²) >= 11 is 0. The van der Waals surface area contributed by atoms with Crippen molar-refractivity contribution in [2.75, 3.05) is 12.3 Å². The topological polar surface area (TPSA) is 96.3 Å². The highest BCUT2D eigenvalue weighted by Crippen LogP contribution is 2.11. The molecule has 3 aromatic rings. The number of aromatic nitrogens is 2. The lowest BCUT2D eigenvalue weighted by Crippen LogP contribution is -2.42. The number of anilines is 1. The summed E-state index contributed by atoms with van der Waals surface area (Å²) < 4.78 is 7.27. The summed E-state index contributed by atoms with van der Waals surface area (Å²) in [5.41, 5.74) is 6.63. The van der Waals surface area contributed by atoms with Crippen LogP contribution in [0.5, 0.6) is 0 Å². The number of rotatable bonds is 5. The summed E-state index contributed by atoms with van der Waals surface area (Å²) in [6.07, 6.45) is 0. The third-order valence-electron chi connectivity index (χ3n) is 4.05. The molecule has 7 heteroatoms. The summed E-state index contributed by atoms with van der Waals surface area (Å²) in [7, 11) is 0. The number of esters is 1. The molecule has 0 saturated carbocycles. The predicted molar refractivity (Wildman–Crippen MR) is 99.1 cm³/mol. The number of nitrogens with two attached hydrogens (primary N) is 1. The fourth-order valence-corrected chi connectivity index (χ4v) is 2.80. The third kappa shape index (κ3) is 3.37. The molecule has 0 bridgehead atoms. The molecule has 0 amide bonds. The number of hydrogen-bond donors (Lipinski definition) is 1. The maximum Gasteiger partial charge on any atom is 0.332 e. The van der Waals surface area contributed by atoms with Gasteiger partial charge in [-0.3, -0.25) is 14.2 Å². The SMILES string of the molecule is CCOC(=O)Cn1c(=O)c2ccccc2n(Cc2ccc(N)cc2)c1=O. The maximum absolute atomic E-state index is 12.9. The molecule has 0 aliphatic carbocycles. The van der Waals surface area contributed by atoms with Crippen LogP contribution in [-0.2, 0) is 22.6 Å². The van der Waals surface area contributed by atoms with Gasteiger partial charge in [0.05, 0.1) is 24.1 Å². The van der Waals surface area contributed by atoms with Crippen LogP contribution in [0.4, 0.5) is 5.69 Å². The van der Waals surface area contributed by atoms with Crippen LogP contribution >= 0.6 is 0 Å². The molecular weight excluding hydrogens is 334 g/mol. The van der Waals surface area contributed by atoms with E-state index in [0.717, 1.165) is 10.1 Å². The molecular formula is C19H19N3O4. The van der Waals surface area contributed by atoms with Gasteiger partial charge in [0.15, 0.2) is 0 Å². The van der Waals surface area contributed by atoms with E-state index >= 15 is 0 Å². The minimum absolute atomic E-state index is 0.181. The molecule has 0 aliphatic heterocycles. The molecule has 1 heterocycles. The summed E-state index contributed by atoms with van der Waals surface area (Å²) in [5.74, 6) is -0.624. The fraction of sp³-hybridized carbons (Fsp3) is 0.211. The third-order valence-corrected chi connectivity index (χ3v) is 4.05. The van der Waals surface area contributed by atoms with Crippen molar-refractivity contribution in [2.24, 2.45) is 0 Å². The Morgan fingerprint density at radius 1 is 1.04 bits per heavy atom. The normalized spacial score (nSPS) is 10.8. The van der Waals surface area contributed by atoms with Gasteiger partial charge in [0.25, 0.3) is 5.56 Å². The first-order chi connectivity index (χ1) is 12.5. The van der Waals surface area contributed by atoms with Crippen molar-refractivity contribution in [3.63, 3.8) is 0 Å². The number of ether oxygens (including phenoxy) is 1. The number of carbonyl (C=O) groups is 1. The average Bonchev–Trinajstić information content (AvgIpc) is 2.64. The standard InChI is InChI=1S/C19H19N3O4/c1-2-26-17(23)12-22-18(24)15-5-3-4-6-16(15)21(19(22)25)11-13-7-9-14(20)10-8-13/h3-10H,2,11-12,20H2,1H3. The Balaban J connectivity index is 2.17. The van der Waals surface area contributed by atoms with Crippen LogP contribution in [0.25, 0.3) is 10.9 Å². The Hall–Kier alpha value is -3.35. The summed E-state index contributed by atoms with van der Waals surface area (Å²) in [6, 6.07) is 14.0. The van der Waals surface area contributed by atoms with Crippen molar-refractivity contribution < 1.29 is 9.53 Å². The van der Waals surface area contributed by atoms with Gasteiger partial charge in [-0.15, -0.1) is 0 Å². The van der Waals surface area contributed by atoms with Crippen molar-refractivity contribution >= 4 is 22.6 Å². The summed E-state index contributed by atoms with van der Waals surface area (Å²) in [6.45, 7) is 1.68. The van der Waals surface area contributed by atoms with E-state index in [1.54, 1.807) is 43.3 Å². The molecule has 134 valence electrons. The Kier molecular flexibility index (Phi) is 4.88. The Bertz CT molecular complexity index is 1060. The van der Waals surface area contributed by atoms with Crippen LogP contribution in [0, 0.1) is 0 Å². The second kappa shape index (κ2) is 7.26. The quantitative estimate of drug-likeness (QED) is 0.552. The van der Waals surface area contributed by atoms with E-state index in [4.69, 9.17) is 10.5 Å². The van der Waals surface area contributed by atoms with E-state index in [0.29, 0.717) is 16.6 Å². The van der Waals surface area contributed by atoms with Gasteiger partial charge >= 0.3 is 11.7 Å². The number of para-hydroxylation sites is 1. The van der Waals surface area contributed by atoms with Gasteiger partial charge in [0.1, 0.15) is 6.54 Å². The Morgan fingerprint density at radius 3 is 2.42 bits per heavy atom. The smallest absolute Gasteiger partial charge is 0.332 e. The minimum Gasteiger partial charge on any atom is -0.465 e. The second-order valence-corrected chi connectivity index (χ2v) is 5.82. The molecule has 0 fully saturated rings. The fourth-order valence-electron chi connectivity index (χ4n) is 2.80. The van der Waals surface area contributed by atoms with Crippen molar-refractivity contribution in [2.45, 2.75) is 20.0 Å². The van der Waals surface area contributed by atoms with E-state index < -0.39 is 23.8 Å². The highest BCUT2D eigenvalue weighted by molar-refractivity contribution is 5.78. The van der Waals surface area contributed by atoms with E-state index in [-0.39, 0.29) is 13.2 Å². The van der Waals surface area contributed by atoms with E-state index in [1.807, 2.05) is 12.1 Å². The van der Waals surface area contributed by atoms with Gasteiger partial charge in [-0.05, 0) is 36.8 Å². The van der Waals surface area contributed by atoms with Gasteiger partial charge < -0.3 is 10.5 Å². The van der Waals surface area contributed by atoms with Gasteiger partial charge in [-0.1, -0.05) is 24.3 Å². The zero-order chi connectivity index (χ0) is 18.7. The second-order valence-electron chi connectivity index (χ2n) is 5.82. The molecule has 7 nitrogen and oxygen atoms in total. The number of benzene rings is 2. The van der Waals surface area contributed by atoms with E-state index in [2.05, 4.69) is 0 Å². The number of nitrogens with zero attached hydrogens (tertiary/aromatic N) is 2. The molecule has 1 aromatic heterocycles. The molecule has 0 radical (unpaired) electrons. The molecule has 0 atom stereocenters. The van der Waals surface area contributed by atoms with Crippen LogP contribution in [0.15, 0.2) is 58.1 Å². The molecule has 0 unspecified atom stereocenters. The minimum atomic E-state index is -0.624. The zero-order valence-electron chi connectivity index (χ0n) is 14.3. The molecule has 2 aromatic carbocycles. The maximum atomic E-state index is 12.9. The monoisotopic (exact) mass is 353 g/mol. The summed E-state index contributed by atoms with van der Waals surface area (Å²) in [4.78, 5) is 37.4. The van der Waals surface area contributed by atoms with Crippen LogP contribution in [0.3, 0.4) is 0 Å². The van der Waals surface area contributed by atoms with Crippen LogP contribution in [-0.4, -0.2) is 21.7 Å². The Morgan fingerprint density at radius 2 is 1.73 bits per heavy atom. The average molecular weight is 353 g/mol. The highest BCUT2D eigenvalue weighted by atomic mass is 16.5. The van der Waals surface area contributed by atoms with E-state index in [9.17, 15) is 14.4 Å². The number of carbonyl (C=O) groups excluding carboxylic acids is 1. The van der Waals surface area contributed by atoms with Crippen molar-refractivity contribution in [3.05, 3.63) is 74.9 Å². The molecule has 0 saturated heterocycles. The van der Waals surface area contributed by atoms with Gasteiger partial charge in [-0.2, -0.15) is 0 Å². The molecule has 0 aliphatic rings. The summed E-state index contributed by atoms with van der Waals surface area (Å²) in [5, 5.41) is 0.367. The zero-order valence-corrected chi connectivity index (χ0v) is 14.3. The van der Waals surface area contributed by atoms with Gasteiger partial charge in [0, 0.05) is 5.69 Å². The van der Waals surface area contributed by atoms with E-state index in [1.165, 1.54) is 4.57 Å². The van der Waals surface area contributed by atoms with Crippen LogP contribution < -0.4 is 17.0 Å². The number of nitrogen functional groups attached to an aromatic ring is 1. The first kappa shape index (κ1) is 17.5. The first-order valence-corrected chi connectivity index (χ1v) is 8.23. The lowest BCUT2D eigenvalue weighted by molar-refractivity contribution is -0.143. The number of hydrogen-bond acceptors (Lipinski definition) is 5. The number of fused-ring (bicyclic) bond motifs is 1. The first-order valence-electron chi connectivity index (χ1n) is 8.23. The molecule has 0 spiro atoms. The van der Waals surface area contributed by atoms with Crippen molar-refractivity contribution in [3.8, 4) is 0 Å². The van der Waals surface area contributed by atoms with Gasteiger partial charge in [-0.25, -0.2) is 9.36 Å². The van der Waals surface area contributed by atoms with Crippen molar-refractivity contribution in [1.82, 2.24) is 9.13 Å². The van der Waals surface area contributed by atoms with Crippen LogP contribution in [0.2, 0.25) is 0 Å². The molecule has 26 heavy (non-hydrogen) atoms. The molecule has 3 rings (SSSR count). The lowest BCUT2D eigenvalue weighted by Gasteiger charge is -2.14. The predicted octanol–water partition coefficient (Wildman–Crippen LogP) is 1.36. The Labute approximate surface area is 149 Å². The lowest BCUT2D eigenvalue weighted by atomic mass is 10.2.